The molecule has 2 rings (SSSR count). The third-order valence-electron chi connectivity index (χ3n) is 2.28. The summed E-state index contributed by atoms with van der Waals surface area (Å²) in [4.78, 5) is 27.4. The lowest BCUT2D eigenvalue weighted by atomic mass is 10.1. The molecule has 1 atom stereocenters. The smallest absolute Gasteiger partial charge is 0.268 e. The van der Waals surface area contributed by atoms with Crippen LogP contribution in [-0.2, 0) is 9.63 Å². The van der Waals surface area contributed by atoms with Crippen molar-refractivity contribution in [3.63, 3.8) is 0 Å². The molecule has 17 heavy (non-hydrogen) atoms. The van der Waals surface area contributed by atoms with Crippen LogP contribution in [-0.4, -0.2) is 24.5 Å². The summed E-state index contributed by atoms with van der Waals surface area (Å²) in [5.74, 6) is -1.89. The van der Waals surface area contributed by atoms with E-state index in [0.717, 1.165) is 6.07 Å². The molecule has 1 heterocycles. The van der Waals surface area contributed by atoms with E-state index >= 15 is 0 Å². The van der Waals surface area contributed by atoms with Gasteiger partial charge >= 0.3 is 0 Å². The van der Waals surface area contributed by atoms with E-state index in [4.69, 9.17) is 5.73 Å². The van der Waals surface area contributed by atoms with E-state index in [9.17, 15) is 14.0 Å². The van der Waals surface area contributed by atoms with Crippen molar-refractivity contribution >= 4 is 17.5 Å². The maximum Gasteiger partial charge on any atom is 0.268 e. The molecule has 7 heteroatoms. The van der Waals surface area contributed by atoms with Gasteiger partial charge in [-0.05, 0) is 18.2 Å². The zero-order chi connectivity index (χ0) is 12.4. The summed E-state index contributed by atoms with van der Waals surface area (Å²) in [7, 11) is 0. The van der Waals surface area contributed by atoms with Crippen molar-refractivity contribution in [3.05, 3.63) is 29.6 Å². The number of hydrogen-bond donors (Lipinski definition) is 3. The maximum absolute atomic E-state index is 13.4. The van der Waals surface area contributed by atoms with Crippen molar-refractivity contribution in [2.45, 2.75) is 6.04 Å². The molecule has 1 aromatic carbocycles. The summed E-state index contributed by atoms with van der Waals surface area (Å²) in [6.45, 7) is 0.0150. The average molecular weight is 239 g/mol. The molecule has 0 aromatic heterocycles. The molecule has 1 aliphatic rings. The molecule has 0 aliphatic carbocycles. The maximum atomic E-state index is 13.4. The first-order valence-electron chi connectivity index (χ1n) is 4.85. The molecular formula is C10H10FN3O3. The highest BCUT2D eigenvalue weighted by Crippen LogP contribution is 2.12. The van der Waals surface area contributed by atoms with Crippen LogP contribution in [0.2, 0.25) is 0 Å². The van der Waals surface area contributed by atoms with Crippen LogP contribution < -0.4 is 16.5 Å². The Kier molecular flexibility index (Phi) is 2.92. The van der Waals surface area contributed by atoms with Crippen LogP contribution in [0.15, 0.2) is 18.2 Å². The first-order valence-corrected chi connectivity index (χ1v) is 4.85. The van der Waals surface area contributed by atoms with Crippen LogP contribution in [0.5, 0.6) is 0 Å². The summed E-state index contributed by atoms with van der Waals surface area (Å²) >= 11 is 0. The number of rotatable bonds is 2. The zero-order valence-corrected chi connectivity index (χ0v) is 8.70. The molecule has 0 unspecified atom stereocenters. The van der Waals surface area contributed by atoms with E-state index in [-0.39, 0.29) is 17.9 Å². The molecular weight excluding hydrogens is 229 g/mol. The number of hydrogen-bond acceptors (Lipinski definition) is 4. The van der Waals surface area contributed by atoms with Crippen molar-refractivity contribution < 1.29 is 18.8 Å². The monoisotopic (exact) mass is 239 g/mol. The van der Waals surface area contributed by atoms with Crippen LogP contribution in [0.25, 0.3) is 0 Å². The fourth-order valence-electron chi connectivity index (χ4n) is 1.40. The Balaban J connectivity index is 2.11. The second kappa shape index (κ2) is 4.38. The highest BCUT2D eigenvalue weighted by molar-refractivity contribution is 5.98. The number of nitrogen functional groups attached to an aromatic ring is 1. The van der Waals surface area contributed by atoms with E-state index in [1.165, 1.54) is 12.1 Å². The van der Waals surface area contributed by atoms with Gasteiger partial charge in [-0.25, -0.2) is 9.87 Å². The normalized spacial score (nSPS) is 18.9. The molecule has 90 valence electrons. The van der Waals surface area contributed by atoms with E-state index in [1.807, 2.05) is 0 Å². The Labute approximate surface area is 95.9 Å². The quantitative estimate of drug-likeness (QED) is 0.610. The molecule has 0 bridgehead atoms. The number of carbonyl (C=O) groups excluding carboxylic acids is 2. The van der Waals surface area contributed by atoms with Gasteiger partial charge in [-0.2, -0.15) is 0 Å². The van der Waals surface area contributed by atoms with Gasteiger partial charge in [-0.1, -0.05) is 0 Å². The van der Waals surface area contributed by atoms with Gasteiger partial charge in [0, 0.05) is 5.69 Å². The topological polar surface area (TPSA) is 93.5 Å². The van der Waals surface area contributed by atoms with E-state index in [0.29, 0.717) is 0 Å². The first kappa shape index (κ1) is 11.3. The standard InChI is InChI=1S/C10H10FN3O3/c11-7-3-5(12)1-2-6(7)9(15)13-8-4-17-14-10(8)16/h1-3,8H,4,12H2,(H,13,15)(H,14,16)/t8-/m1/s1. The molecule has 2 amide bonds. The lowest BCUT2D eigenvalue weighted by Crippen LogP contribution is -2.41. The lowest BCUT2D eigenvalue weighted by Gasteiger charge is -2.09. The minimum absolute atomic E-state index is 0.0150. The number of nitrogens with two attached hydrogens (primary N) is 1. The number of amides is 2. The predicted molar refractivity (Wildman–Crippen MR) is 56.2 cm³/mol. The molecule has 1 aliphatic heterocycles. The van der Waals surface area contributed by atoms with E-state index in [1.54, 1.807) is 0 Å². The Morgan fingerprint density at radius 2 is 2.35 bits per heavy atom. The van der Waals surface area contributed by atoms with Crippen molar-refractivity contribution in [1.82, 2.24) is 10.8 Å². The largest absolute Gasteiger partial charge is 0.399 e. The molecule has 0 radical (unpaired) electrons. The van der Waals surface area contributed by atoms with Crippen LogP contribution in [0.3, 0.4) is 0 Å². The van der Waals surface area contributed by atoms with Gasteiger partial charge in [0.05, 0.1) is 5.56 Å². The fraction of sp³-hybridized carbons (Fsp3) is 0.200. The Bertz CT molecular complexity index is 478. The Hall–Kier alpha value is -2.15. The van der Waals surface area contributed by atoms with Gasteiger partial charge in [0.25, 0.3) is 11.8 Å². The van der Waals surface area contributed by atoms with Crippen LogP contribution in [0, 0.1) is 5.82 Å². The van der Waals surface area contributed by atoms with Crippen LogP contribution in [0.4, 0.5) is 10.1 Å². The molecule has 1 fully saturated rings. The summed E-state index contributed by atoms with van der Waals surface area (Å²) < 4.78 is 13.4. The highest BCUT2D eigenvalue weighted by Gasteiger charge is 2.28. The molecule has 4 N–H and O–H groups in total. The van der Waals surface area contributed by atoms with Crippen LogP contribution >= 0.6 is 0 Å². The Morgan fingerprint density at radius 1 is 1.59 bits per heavy atom. The van der Waals surface area contributed by atoms with Gasteiger partial charge in [-0.3, -0.25) is 14.4 Å². The van der Waals surface area contributed by atoms with Gasteiger partial charge in [0.1, 0.15) is 18.5 Å². The number of nitrogens with one attached hydrogen (secondary N) is 2. The second-order valence-corrected chi connectivity index (χ2v) is 3.54. The number of carbonyl (C=O) groups is 2. The lowest BCUT2D eigenvalue weighted by molar-refractivity contribution is -0.125. The van der Waals surface area contributed by atoms with Crippen LogP contribution in [0.1, 0.15) is 10.4 Å². The molecule has 6 nitrogen and oxygen atoms in total. The van der Waals surface area contributed by atoms with Crippen molar-refractivity contribution in [2.24, 2.45) is 0 Å². The fourth-order valence-corrected chi connectivity index (χ4v) is 1.40. The SMILES string of the molecule is Nc1ccc(C(=O)N[C@@H]2CONC2=O)c(F)c1. The molecule has 1 aromatic rings. The second-order valence-electron chi connectivity index (χ2n) is 3.54. The molecule has 0 saturated carbocycles. The minimum Gasteiger partial charge on any atom is -0.399 e. The molecule has 0 spiro atoms. The van der Waals surface area contributed by atoms with Crippen molar-refractivity contribution in [3.8, 4) is 0 Å². The average Bonchev–Trinajstić information content (AvgIpc) is 2.64. The van der Waals surface area contributed by atoms with Crippen molar-refractivity contribution in [2.75, 3.05) is 12.3 Å². The number of anilines is 1. The zero-order valence-electron chi connectivity index (χ0n) is 8.70. The number of halogens is 1. The summed E-state index contributed by atoms with van der Waals surface area (Å²) in [6, 6.07) is 2.90. The third-order valence-corrected chi connectivity index (χ3v) is 2.28. The van der Waals surface area contributed by atoms with Gasteiger partial charge in [-0.15, -0.1) is 0 Å². The van der Waals surface area contributed by atoms with E-state index in [2.05, 4.69) is 15.6 Å². The first-order chi connectivity index (χ1) is 8.08. The van der Waals surface area contributed by atoms with Gasteiger partial charge < -0.3 is 11.1 Å². The Morgan fingerprint density at radius 3 is 2.94 bits per heavy atom. The van der Waals surface area contributed by atoms with Gasteiger partial charge in [0.15, 0.2) is 0 Å². The minimum atomic E-state index is -0.806. The number of hydroxylamine groups is 1. The van der Waals surface area contributed by atoms with E-state index < -0.39 is 23.7 Å². The summed E-state index contributed by atoms with van der Waals surface area (Å²) in [5.41, 5.74) is 7.50. The molecule has 1 saturated heterocycles. The predicted octanol–water partition coefficient (Wildman–Crippen LogP) is -0.432. The highest BCUT2D eigenvalue weighted by atomic mass is 19.1. The summed E-state index contributed by atoms with van der Waals surface area (Å²) in [6.07, 6.45) is 0. The number of benzene rings is 1. The third kappa shape index (κ3) is 2.34. The van der Waals surface area contributed by atoms with Crippen molar-refractivity contribution in [1.29, 1.82) is 0 Å². The van der Waals surface area contributed by atoms with Gasteiger partial charge in [0.2, 0.25) is 0 Å². The summed E-state index contributed by atoms with van der Waals surface area (Å²) in [5, 5.41) is 2.35.